The van der Waals surface area contributed by atoms with E-state index in [2.05, 4.69) is 12.2 Å². The molecule has 0 unspecified atom stereocenters. The van der Waals surface area contributed by atoms with Crippen molar-refractivity contribution < 1.29 is 4.74 Å². The molecule has 0 saturated carbocycles. The molecule has 2 rings (SSSR count). The summed E-state index contributed by atoms with van der Waals surface area (Å²) in [4.78, 5) is 0. The second kappa shape index (κ2) is 7.37. The Labute approximate surface area is 140 Å². The SMILES string of the molecule is COc1ccc([C@H](C)NCc2c(Cl)ccc(Cl)c2Cl)cc1. The predicted octanol–water partition coefficient (Wildman–Crippen LogP) is 5.51. The Morgan fingerprint density at radius 1 is 1.00 bits per heavy atom. The summed E-state index contributed by atoms with van der Waals surface area (Å²) in [5.74, 6) is 0.840. The van der Waals surface area contributed by atoms with Gasteiger partial charge in [-0.05, 0) is 36.8 Å². The van der Waals surface area contributed by atoms with E-state index in [1.807, 2.05) is 24.3 Å². The van der Waals surface area contributed by atoms with Crippen LogP contribution in [0.2, 0.25) is 15.1 Å². The highest BCUT2D eigenvalue weighted by Gasteiger charge is 2.11. The van der Waals surface area contributed by atoms with Gasteiger partial charge in [0.2, 0.25) is 0 Å². The maximum absolute atomic E-state index is 6.19. The number of hydrogen-bond acceptors (Lipinski definition) is 2. The first-order valence-electron chi connectivity index (χ1n) is 6.52. The third kappa shape index (κ3) is 4.04. The molecule has 0 spiro atoms. The van der Waals surface area contributed by atoms with E-state index in [4.69, 9.17) is 39.5 Å². The lowest BCUT2D eigenvalue weighted by atomic mass is 10.1. The Morgan fingerprint density at radius 3 is 2.24 bits per heavy atom. The summed E-state index contributed by atoms with van der Waals surface area (Å²) in [6.45, 7) is 2.62. The van der Waals surface area contributed by atoms with Crippen molar-refractivity contribution in [3.05, 3.63) is 62.6 Å². The largest absolute Gasteiger partial charge is 0.497 e. The Hall–Kier alpha value is -0.930. The minimum absolute atomic E-state index is 0.155. The van der Waals surface area contributed by atoms with Crippen molar-refractivity contribution >= 4 is 34.8 Å². The van der Waals surface area contributed by atoms with Gasteiger partial charge in [-0.15, -0.1) is 0 Å². The van der Waals surface area contributed by atoms with Crippen LogP contribution in [0.1, 0.15) is 24.1 Å². The highest BCUT2D eigenvalue weighted by molar-refractivity contribution is 6.44. The first-order valence-corrected chi connectivity index (χ1v) is 7.66. The van der Waals surface area contributed by atoms with Gasteiger partial charge >= 0.3 is 0 Å². The van der Waals surface area contributed by atoms with Crippen LogP contribution in [-0.4, -0.2) is 7.11 Å². The van der Waals surface area contributed by atoms with E-state index in [1.54, 1.807) is 19.2 Å². The number of ether oxygens (including phenoxy) is 1. The van der Waals surface area contributed by atoms with E-state index < -0.39 is 0 Å². The monoisotopic (exact) mass is 343 g/mol. The predicted molar refractivity (Wildman–Crippen MR) is 89.7 cm³/mol. The molecular weight excluding hydrogens is 329 g/mol. The molecule has 0 fully saturated rings. The van der Waals surface area contributed by atoms with Crippen molar-refractivity contribution in [2.24, 2.45) is 0 Å². The standard InChI is InChI=1S/C16H16Cl3NO/c1-10(11-3-5-12(21-2)6-4-11)20-9-13-14(17)7-8-15(18)16(13)19/h3-8,10,20H,9H2,1-2H3/t10-/m0/s1. The minimum Gasteiger partial charge on any atom is -0.497 e. The quantitative estimate of drug-likeness (QED) is 0.722. The zero-order valence-electron chi connectivity index (χ0n) is 11.8. The van der Waals surface area contributed by atoms with Gasteiger partial charge in [-0.3, -0.25) is 0 Å². The van der Waals surface area contributed by atoms with Gasteiger partial charge < -0.3 is 10.1 Å². The van der Waals surface area contributed by atoms with Crippen molar-refractivity contribution in [3.63, 3.8) is 0 Å². The molecule has 0 aromatic heterocycles. The molecule has 112 valence electrons. The summed E-state index contributed by atoms with van der Waals surface area (Å²) in [5.41, 5.74) is 1.97. The van der Waals surface area contributed by atoms with Crippen LogP contribution in [0.4, 0.5) is 0 Å². The second-order valence-corrected chi connectivity index (χ2v) is 5.89. The van der Waals surface area contributed by atoms with E-state index in [0.29, 0.717) is 21.6 Å². The Kier molecular flexibility index (Phi) is 5.77. The van der Waals surface area contributed by atoms with Gasteiger partial charge in [-0.25, -0.2) is 0 Å². The number of methoxy groups -OCH3 is 1. The molecule has 2 aromatic rings. The Bertz CT molecular complexity index is 614. The van der Waals surface area contributed by atoms with Crippen LogP contribution < -0.4 is 10.1 Å². The number of hydrogen-bond donors (Lipinski definition) is 1. The lowest BCUT2D eigenvalue weighted by molar-refractivity contribution is 0.414. The van der Waals surface area contributed by atoms with Crippen molar-refractivity contribution in [2.75, 3.05) is 7.11 Å². The average molecular weight is 345 g/mol. The molecule has 0 aliphatic carbocycles. The highest BCUT2D eigenvalue weighted by Crippen LogP contribution is 2.31. The normalized spacial score (nSPS) is 12.2. The van der Waals surface area contributed by atoms with Crippen molar-refractivity contribution in [1.82, 2.24) is 5.32 Å². The van der Waals surface area contributed by atoms with Gasteiger partial charge in [0.15, 0.2) is 0 Å². The van der Waals surface area contributed by atoms with Gasteiger partial charge in [0, 0.05) is 23.2 Å². The number of rotatable bonds is 5. The maximum atomic E-state index is 6.19. The first kappa shape index (κ1) is 16.4. The number of nitrogens with one attached hydrogen (secondary N) is 1. The fraction of sp³-hybridized carbons (Fsp3) is 0.250. The van der Waals surface area contributed by atoms with Crippen LogP contribution in [-0.2, 0) is 6.54 Å². The van der Waals surface area contributed by atoms with Gasteiger partial charge in [0.25, 0.3) is 0 Å². The molecule has 1 atom stereocenters. The van der Waals surface area contributed by atoms with E-state index in [-0.39, 0.29) is 6.04 Å². The molecule has 0 amide bonds. The van der Waals surface area contributed by atoms with Crippen molar-refractivity contribution in [2.45, 2.75) is 19.5 Å². The molecule has 0 heterocycles. The zero-order valence-corrected chi connectivity index (χ0v) is 14.1. The van der Waals surface area contributed by atoms with Crippen LogP contribution in [0.3, 0.4) is 0 Å². The van der Waals surface area contributed by atoms with E-state index >= 15 is 0 Å². The fourth-order valence-corrected chi connectivity index (χ4v) is 2.68. The van der Waals surface area contributed by atoms with Gasteiger partial charge in [-0.2, -0.15) is 0 Å². The second-order valence-electron chi connectivity index (χ2n) is 4.70. The van der Waals surface area contributed by atoms with Crippen molar-refractivity contribution in [1.29, 1.82) is 0 Å². The number of halogens is 3. The molecular formula is C16H16Cl3NO. The molecule has 0 bridgehead atoms. The summed E-state index contributed by atoms with van der Waals surface area (Å²) >= 11 is 18.4. The number of benzene rings is 2. The van der Waals surface area contributed by atoms with E-state index in [1.165, 1.54) is 0 Å². The molecule has 0 radical (unpaired) electrons. The summed E-state index contributed by atoms with van der Waals surface area (Å²) in [7, 11) is 1.65. The fourth-order valence-electron chi connectivity index (χ4n) is 2.00. The minimum atomic E-state index is 0.155. The molecule has 0 aliphatic heterocycles. The third-order valence-corrected chi connectivity index (χ3v) is 4.54. The third-order valence-electron chi connectivity index (χ3n) is 3.34. The molecule has 5 heteroatoms. The van der Waals surface area contributed by atoms with Crippen LogP contribution >= 0.6 is 34.8 Å². The maximum Gasteiger partial charge on any atom is 0.118 e. The smallest absolute Gasteiger partial charge is 0.118 e. The average Bonchev–Trinajstić information content (AvgIpc) is 2.51. The first-order chi connectivity index (χ1) is 10.0. The lowest BCUT2D eigenvalue weighted by Crippen LogP contribution is -2.18. The van der Waals surface area contributed by atoms with Gasteiger partial charge in [0.05, 0.1) is 17.2 Å². The molecule has 21 heavy (non-hydrogen) atoms. The van der Waals surface area contributed by atoms with Gasteiger partial charge in [0.1, 0.15) is 5.75 Å². The van der Waals surface area contributed by atoms with E-state index in [9.17, 15) is 0 Å². The van der Waals surface area contributed by atoms with Gasteiger partial charge in [-0.1, -0.05) is 46.9 Å². The Balaban J connectivity index is 2.07. The van der Waals surface area contributed by atoms with Crippen LogP contribution in [0, 0.1) is 0 Å². The highest BCUT2D eigenvalue weighted by atomic mass is 35.5. The van der Waals surface area contributed by atoms with Crippen molar-refractivity contribution in [3.8, 4) is 5.75 Å². The summed E-state index contributed by atoms with van der Waals surface area (Å²) in [5, 5.41) is 5.01. The Morgan fingerprint density at radius 2 is 1.62 bits per heavy atom. The summed E-state index contributed by atoms with van der Waals surface area (Å²) < 4.78 is 5.15. The lowest BCUT2D eigenvalue weighted by Gasteiger charge is -2.16. The van der Waals surface area contributed by atoms with E-state index in [0.717, 1.165) is 16.9 Å². The molecule has 0 aliphatic rings. The summed E-state index contributed by atoms with van der Waals surface area (Å²) in [6, 6.07) is 11.5. The van der Waals surface area contributed by atoms with Crippen LogP contribution in [0.15, 0.2) is 36.4 Å². The topological polar surface area (TPSA) is 21.3 Å². The van der Waals surface area contributed by atoms with Crippen LogP contribution in [0.25, 0.3) is 0 Å². The zero-order chi connectivity index (χ0) is 15.4. The molecule has 0 saturated heterocycles. The van der Waals surface area contributed by atoms with Crippen LogP contribution in [0.5, 0.6) is 5.75 Å². The molecule has 2 aromatic carbocycles. The molecule has 2 nitrogen and oxygen atoms in total. The molecule has 1 N–H and O–H groups in total. The summed E-state index contributed by atoms with van der Waals surface area (Å²) in [6.07, 6.45) is 0.